The third-order valence-electron chi connectivity index (χ3n) is 3.16. The molecule has 0 spiro atoms. The average Bonchev–Trinajstić information content (AvgIpc) is 2.77. The fraction of sp³-hybridized carbons (Fsp3) is 0.500. The quantitative estimate of drug-likeness (QED) is 0.862. The highest BCUT2D eigenvalue weighted by Crippen LogP contribution is 2.19. The van der Waals surface area contributed by atoms with Crippen molar-refractivity contribution in [2.75, 3.05) is 6.54 Å². The van der Waals surface area contributed by atoms with Crippen molar-refractivity contribution in [3.05, 3.63) is 29.7 Å². The van der Waals surface area contributed by atoms with Gasteiger partial charge in [0.2, 0.25) is 0 Å². The standard InChI is InChI=1S/C14H20N2O/c1-3-11-5-6-13-12(8-11)16-14(17-13)7-4-10(2)9-15/h5-6,8,10H,3-4,7,9,15H2,1-2H3. The van der Waals surface area contributed by atoms with Gasteiger partial charge >= 0.3 is 0 Å². The van der Waals surface area contributed by atoms with E-state index in [1.807, 2.05) is 6.07 Å². The summed E-state index contributed by atoms with van der Waals surface area (Å²) in [5.74, 6) is 1.35. The van der Waals surface area contributed by atoms with E-state index in [1.165, 1.54) is 5.56 Å². The molecule has 1 aromatic heterocycles. The lowest BCUT2D eigenvalue weighted by molar-refractivity contribution is 0.471. The van der Waals surface area contributed by atoms with Crippen molar-refractivity contribution in [1.29, 1.82) is 0 Å². The number of nitrogens with two attached hydrogens (primary N) is 1. The van der Waals surface area contributed by atoms with Crippen molar-refractivity contribution in [1.82, 2.24) is 4.98 Å². The SMILES string of the molecule is CCc1ccc2oc(CCC(C)CN)nc2c1. The van der Waals surface area contributed by atoms with Gasteiger partial charge in [0.1, 0.15) is 5.52 Å². The summed E-state index contributed by atoms with van der Waals surface area (Å²) in [6.45, 7) is 5.02. The zero-order chi connectivity index (χ0) is 12.3. The molecule has 0 aliphatic heterocycles. The van der Waals surface area contributed by atoms with Crippen molar-refractivity contribution >= 4 is 11.1 Å². The van der Waals surface area contributed by atoms with E-state index in [1.54, 1.807) is 0 Å². The van der Waals surface area contributed by atoms with E-state index in [0.29, 0.717) is 5.92 Å². The predicted octanol–water partition coefficient (Wildman–Crippen LogP) is 2.92. The van der Waals surface area contributed by atoms with Crippen LogP contribution in [0.5, 0.6) is 0 Å². The van der Waals surface area contributed by atoms with Crippen LogP contribution in [0, 0.1) is 5.92 Å². The van der Waals surface area contributed by atoms with E-state index >= 15 is 0 Å². The molecule has 0 saturated carbocycles. The molecule has 1 heterocycles. The number of aromatic nitrogens is 1. The summed E-state index contributed by atoms with van der Waals surface area (Å²) in [5.41, 5.74) is 8.76. The molecule has 1 unspecified atom stereocenters. The third-order valence-corrected chi connectivity index (χ3v) is 3.16. The smallest absolute Gasteiger partial charge is 0.195 e. The number of oxazole rings is 1. The van der Waals surface area contributed by atoms with Crippen molar-refractivity contribution < 1.29 is 4.42 Å². The van der Waals surface area contributed by atoms with Crippen molar-refractivity contribution in [3.8, 4) is 0 Å². The summed E-state index contributed by atoms with van der Waals surface area (Å²) in [5, 5.41) is 0. The van der Waals surface area contributed by atoms with Crippen molar-refractivity contribution in [2.24, 2.45) is 11.7 Å². The lowest BCUT2D eigenvalue weighted by atomic mass is 10.1. The number of fused-ring (bicyclic) bond motifs is 1. The molecular weight excluding hydrogens is 212 g/mol. The first-order valence-electron chi connectivity index (χ1n) is 6.31. The number of aryl methyl sites for hydroxylation is 2. The first kappa shape index (κ1) is 12.1. The molecule has 92 valence electrons. The molecule has 0 amide bonds. The van der Waals surface area contributed by atoms with Gasteiger partial charge in [-0.2, -0.15) is 0 Å². The fourth-order valence-corrected chi connectivity index (χ4v) is 1.84. The normalized spacial score (nSPS) is 13.1. The molecule has 1 aromatic carbocycles. The molecule has 0 fully saturated rings. The highest BCUT2D eigenvalue weighted by molar-refractivity contribution is 5.73. The van der Waals surface area contributed by atoms with E-state index in [-0.39, 0.29) is 0 Å². The first-order valence-corrected chi connectivity index (χ1v) is 6.31. The highest BCUT2D eigenvalue weighted by Gasteiger charge is 2.08. The predicted molar refractivity (Wildman–Crippen MR) is 69.9 cm³/mol. The van der Waals surface area contributed by atoms with Gasteiger partial charge in [-0.15, -0.1) is 0 Å². The Balaban J connectivity index is 2.14. The molecule has 1 atom stereocenters. The molecule has 2 rings (SSSR count). The van der Waals surface area contributed by atoms with Crippen LogP contribution in [0.15, 0.2) is 22.6 Å². The second kappa shape index (κ2) is 5.32. The Bertz CT molecular complexity index is 490. The molecule has 0 saturated heterocycles. The Kier molecular flexibility index (Phi) is 3.79. The maximum Gasteiger partial charge on any atom is 0.195 e. The zero-order valence-electron chi connectivity index (χ0n) is 10.6. The Morgan fingerprint density at radius 3 is 2.94 bits per heavy atom. The van der Waals surface area contributed by atoms with Gasteiger partial charge in [0.15, 0.2) is 11.5 Å². The van der Waals surface area contributed by atoms with Crippen LogP contribution in [0.2, 0.25) is 0 Å². The Morgan fingerprint density at radius 2 is 2.24 bits per heavy atom. The van der Waals surface area contributed by atoms with E-state index in [9.17, 15) is 0 Å². The minimum atomic E-state index is 0.524. The third kappa shape index (κ3) is 2.86. The van der Waals surface area contributed by atoms with E-state index in [0.717, 1.165) is 42.8 Å². The maximum absolute atomic E-state index is 5.71. The summed E-state index contributed by atoms with van der Waals surface area (Å²) in [6, 6.07) is 6.21. The van der Waals surface area contributed by atoms with E-state index in [2.05, 4.69) is 31.0 Å². The molecule has 17 heavy (non-hydrogen) atoms. The summed E-state index contributed by atoms with van der Waals surface area (Å²) >= 11 is 0. The first-order chi connectivity index (χ1) is 8.22. The highest BCUT2D eigenvalue weighted by atomic mass is 16.3. The number of rotatable bonds is 5. The van der Waals surface area contributed by atoms with Gasteiger partial charge in [0, 0.05) is 6.42 Å². The van der Waals surface area contributed by atoms with Gasteiger partial charge in [-0.25, -0.2) is 4.98 Å². The maximum atomic E-state index is 5.71. The van der Waals surface area contributed by atoms with Gasteiger partial charge in [0.05, 0.1) is 0 Å². The minimum Gasteiger partial charge on any atom is -0.441 e. The summed E-state index contributed by atoms with van der Waals surface area (Å²) in [6.07, 6.45) is 2.93. The Labute approximate surface area is 102 Å². The molecule has 0 radical (unpaired) electrons. The molecule has 3 nitrogen and oxygen atoms in total. The minimum absolute atomic E-state index is 0.524. The monoisotopic (exact) mass is 232 g/mol. The van der Waals surface area contributed by atoms with Crippen LogP contribution < -0.4 is 5.73 Å². The van der Waals surface area contributed by atoms with Crippen LogP contribution in [0.1, 0.15) is 31.7 Å². The van der Waals surface area contributed by atoms with Gasteiger partial charge in [-0.05, 0) is 43.0 Å². The fourth-order valence-electron chi connectivity index (χ4n) is 1.84. The molecular formula is C14H20N2O. The van der Waals surface area contributed by atoms with Crippen LogP contribution in [0.4, 0.5) is 0 Å². The van der Waals surface area contributed by atoms with Gasteiger partial charge in [-0.1, -0.05) is 19.9 Å². The Morgan fingerprint density at radius 1 is 1.41 bits per heavy atom. The van der Waals surface area contributed by atoms with E-state index in [4.69, 9.17) is 10.2 Å². The van der Waals surface area contributed by atoms with Gasteiger partial charge in [-0.3, -0.25) is 0 Å². The Hall–Kier alpha value is -1.35. The average molecular weight is 232 g/mol. The van der Waals surface area contributed by atoms with Crippen LogP contribution in [-0.4, -0.2) is 11.5 Å². The number of benzene rings is 1. The summed E-state index contributed by atoms with van der Waals surface area (Å²) in [4.78, 5) is 4.52. The van der Waals surface area contributed by atoms with Crippen LogP contribution in [-0.2, 0) is 12.8 Å². The lowest BCUT2D eigenvalue weighted by Crippen LogP contribution is -2.11. The second-order valence-corrected chi connectivity index (χ2v) is 4.64. The molecule has 3 heteroatoms. The van der Waals surface area contributed by atoms with Gasteiger partial charge in [0.25, 0.3) is 0 Å². The van der Waals surface area contributed by atoms with Crippen LogP contribution in [0.25, 0.3) is 11.1 Å². The van der Waals surface area contributed by atoms with Gasteiger partial charge < -0.3 is 10.2 Å². The van der Waals surface area contributed by atoms with Crippen molar-refractivity contribution in [3.63, 3.8) is 0 Å². The van der Waals surface area contributed by atoms with Crippen LogP contribution in [0.3, 0.4) is 0 Å². The van der Waals surface area contributed by atoms with E-state index < -0.39 is 0 Å². The molecule has 2 N–H and O–H groups in total. The van der Waals surface area contributed by atoms with Crippen molar-refractivity contribution in [2.45, 2.75) is 33.1 Å². The lowest BCUT2D eigenvalue weighted by Gasteiger charge is -2.04. The molecule has 0 aliphatic carbocycles. The molecule has 0 aliphatic rings. The number of nitrogens with zero attached hydrogens (tertiary/aromatic N) is 1. The zero-order valence-corrected chi connectivity index (χ0v) is 10.6. The summed E-state index contributed by atoms with van der Waals surface area (Å²) in [7, 11) is 0. The number of hydrogen-bond acceptors (Lipinski definition) is 3. The topological polar surface area (TPSA) is 52.0 Å². The molecule has 0 bridgehead atoms. The summed E-state index contributed by atoms with van der Waals surface area (Å²) < 4.78 is 5.71. The molecule has 2 aromatic rings. The largest absolute Gasteiger partial charge is 0.441 e. The van der Waals surface area contributed by atoms with Crippen LogP contribution >= 0.6 is 0 Å². The number of hydrogen-bond donors (Lipinski definition) is 1. The second-order valence-electron chi connectivity index (χ2n) is 4.64.